The lowest BCUT2D eigenvalue weighted by Crippen LogP contribution is -2.41. The molecule has 1 aliphatic rings. The Balaban J connectivity index is 2.42. The zero-order valence-corrected chi connectivity index (χ0v) is 11.0. The van der Waals surface area contributed by atoms with Gasteiger partial charge in [-0.3, -0.25) is 9.69 Å². The summed E-state index contributed by atoms with van der Waals surface area (Å²) in [5.41, 5.74) is -1.63. The van der Waals surface area contributed by atoms with E-state index in [-0.39, 0.29) is 12.1 Å². The zero-order valence-electron chi connectivity index (χ0n) is 11.0. The van der Waals surface area contributed by atoms with Crippen LogP contribution in [-0.4, -0.2) is 23.4 Å². The fourth-order valence-corrected chi connectivity index (χ4v) is 2.08. The SMILES string of the molecule is CC#CCN1C(=O)NC(C)(c2ccc(F)cc2F)C1=O. The van der Waals surface area contributed by atoms with Crippen molar-refractivity contribution < 1.29 is 18.4 Å². The van der Waals surface area contributed by atoms with Gasteiger partial charge in [0.2, 0.25) is 0 Å². The highest BCUT2D eigenvalue weighted by molar-refractivity contribution is 6.07. The van der Waals surface area contributed by atoms with E-state index in [0.717, 1.165) is 17.0 Å². The van der Waals surface area contributed by atoms with Gasteiger partial charge >= 0.3 is 6.03 Å². The van der Waals surface area contributed by atoms with Crippen LogP contribution in [0.4, 0.5) is 13.6 Å². The molecule has 0 aromatic heterocycles. The summed E-state index contributed by atoms with van der Waals surface area (Å²) in [5, 5.41) is 2.42. The number of nitrogens with zero attached hydrogens (tertiary/aromatic N) is 1. The minimum absolute atomic E-state index is 0.0699. The second-order valence-electron chi connectivity index (χ2n) is 4.50. The molecule has 1 fully saturated rings. The van der Waals surface area contributed by atoms with Crippen molar-refractivity contribution in [2.24, 2.45) is 0 Å². The molecule has 2 rings (SSSR count). The van der Waals surface area contributed by atoms with Gasteiger partial charge < -0.3 is 5.32 Å². The summed E-state index contributed by atoms with van der Waals surface area (Å²) in [4.78, 5) is 25.0. The second-order valence-corrected chi connectivity index (χ2v) is 4.50. The Morgan fingerprint density at radius 1 is 1.35 bits per heavy atom. The first kappa shape index (κ1) is 14.0. The Labute approximate surface area is 114 Å². The molecule has 6 heteroatoms. The lowest BCUT2D eigenvalue weighted by Gasteiger charge is -2.22. The summed E-state index contributed by atoms with van der Waals surface area (Å²) in [5.74, 6) is 2.93. The summed E-state index contributed by atoms with van der Waals surface area (Å²) >= 11 is 0. The first-order chi connectivity index (χ1) is 9.40. The highest BCUT2D eigenvalue weighted by atomic mass is 19.1. The Hall–Kier alpha value is -2.42. The van der Waals surface area contributed by atoms with Crippen LogP contribution >= 0.6 is 0 Å². The molecule has 1 unspecified atom stereocenters. The molecule has 1 aromatic carbocycles. The maximum atomic E-state index is 13.8. The summed E-state index contributed by atoms with van der Waals surface area (Å²) in [6.07, 6.45) is 0. The number of urea groups is 1. The van der Waals surface area contributed by atoms with Gasteiger partial charge in [-0.2, -0.15) is 0 Å². The minimum atomic E-state index is -1.55. The lowest BCUT2D eigenvalue weighted by molar-refractivity contribution is -0.130. The fraction of sp³-hybridized carbons (Fsp3) is 0.286. The molecular weight excluding hydrogens is 266 g/mol. The summed E-state index contributed by atoms with van der Waals surface area (Å²) in [7, 11) is 0. The van der Waals surface area contributed by atoms with E-state index in [1.807, 2.05) is 0 Å². The molecule has 3 amide bonds. The third kappa shape index (κ3) is 2.11. The van der Waals surface area contributed by atoms with Crippen molar-refractivity contribution in [2.45, 2.75) is 19.4 Å². The molecule has 1 heterocycles. The minimum Gasteiger partial charge on any atom is -0.319 e. The van der Waals surface area contributed by atoms with Gasteiger partial charge in [-0.1, -0.05) is 12.0 Å². The molecule has 1 atom stereocenters. The number of carbonyl (C=O) groups is 2. The van der Waals surface area contributed by atoms with E-state index < -0.39 is 29.1 Å². The van der Waals surface area contributed by atoms with Crippen LogP contribution < -0.4 is 5.32 Å². The largest absolute Gasteiger partial charge is 0.326 e. The van der Waals surface area contributed by atoms with Crippen LogP contribution in [0.25, 0.3) is 0 Å². The third-order valence-electron chi connectivity index (χ3n) is 3.16. The second kappa shape index (κ2) is 4.93. The van der Waals surface area contributed by atoms with Gasteiger partial charge in [0.05, 0.1) is 6.54 Å². The molecule has 0 spiro atoms. The lowest BCUT2D eigenvalue weighted by atomic mass is 9.91. The first-order valence-corrected chi connectivity index (χ1v) is 5.89. The summed E-state index contributed by atoms with van der Waals surface area (Å²) in [6.45, 7) is 2.89. The quantitative estimate of drug-likeness (QED) is 0.662. The monoisotopic (exact) mass is 278 g/mol. The number of halogens is 2. The van der Waals surface area contributed by atoms with Crippen molar-refractivity contribution in [3.05, 3.63) is 35.4 Å². The van der Waals surface area contributed by atoms with Gasteiger partial charge in [-0.05, 0) is 19.9 Å². The van der Waals surface area contributed by atoms with E-state index in [4.69, 9.17) is 0 Å². The van der Waals surface area contributed by atoms with E-state index >= 15 is 0 Å². The number of nitrogens with one attached hydrogen (secondary N) is 1. The van der Waals surface area contributed by atoms with Gasteiger partial charge in [0.25, 0.3) is 5.91 Å². The van der Waals surface area contributed by atoms with Gasteiger partial charge in [0.15, 0.2) is 0 Å². The van der Waals surface area contributed by atoms with Crippen LogP contribution in [0.15, 0.2) is 18.2 Å². The molecule has 1 saturated heterocycles. The van der Waals surface area contributed by atoms with E-state index in [0.29, 0.717) is 6.07 Å². The Bertz CT molecular complexity index is 648. The smallest absolute Gasteiger partial charge is 0.319 e. The molecule has 1 aliphatic heterocycles. The van der Waals surface area contributed by atoms with Crippen molar-refractivity contribution in [1.29, 1.82) is 0 Å². The number of rotatable bonds is 2. The molecule has 0 bridgehead atoms. The maximum Gasteiger partial charge on any atom is 0.326 e. The average molecular weight is 278 g/mol. The Morgan fingerprint density at radius 2 is 2.05 bits per heavy atom. The Morgan fingerprint density at radius 3 is 2.65 bits per heavy atom. The van der Waals surface area contributed by atoms with Gasteiger partial charge in [-0.25, -0.2) is 13.6 Å². The van der Waals surface area contributed by atoms with Gasteiger partial charge in [0.1, 0.15) is 17.2 Å². The number of carbonyl (C=O) groups excluding carboxylic acids is 2. The van der Waals surface area contributed by atoms with Gasteiger partial charge in [-0.15, -0.1) is 5.92 Å². The van der Waals surface area contributed by atoms with E-state index in [2.05, 4.69) is 17.2 Å². The highest BCUT2D eigenvalue weighted by Crippen LogP contribution is 2.30. The summed E-state index contributed by atoms with van der Waals surface area (Å²) in [6, 6.07) is 2.22. The highest BCUT2D eigenvalue weighted by Gasteiger charge is 2.49. The first-order valence-electron chi connectivity index (χ1n) is 5.89. The number of hydrogen-bond donors (Lipinski definition) is 1. The number of imide groups is 1. The average Bonchev–Trinajstić information content (AvgIpc) is 2.59. The molecular formula is C14H12F2N2O2. The van der Waals surface area contributed by atoms with Crippen LogP contribution in [0.5, 0.6) is 0 Å². The normalized spacial score (nSPS) is 21.5. The predicted octanol–water partition coefficient (Wildman–Crippen LogP) is 1.76. The molecule has 0 aliphatic carbocycles. The molecule has 1 aromatic rings. The van der Waals surface area contributed by atoms with Crippen LogP contribution in [0.1, 0.15) is 19.4 Å². The molecule has 4 nitrogen and oxygen atoms in total. The maximum absolute atomic E-state index is 13.8. The van der Waals surface area contributed by atoms with Crippen LogP contribution in [0, 0.1) is 23.5 Å². The number of amides is 3. The zero-order chi connectivity index (χ0) is 14.9. The Kier molecular flexibility index (Phi) is 3.45. The third-order valence-corrected chi connectivity index (χ3v) is 3.16. The number of hydrogen-bond acceptors (Lipinski definition) is 2. The van der Waals surface area contributed by atoms with E-state index in [9.17, 15) is 18.4 Å². The molecule has 0 saturated carbocycles. The van der Waals surface area contributed by atoms with Gasteiger partial charge in [0, 0.05) is 11.6 Å². The van der Waals surface area contributed by atoms with E-state index in [1.54, 1.807) is 6.92 Å². The summed E-state index contributed by atoms with van der Waals surface area (Å²) < 4.78 is 26.8. The van der Waals surface area contributed by atoms with E-state index in [1.165, 1.54) is 6.92 Å². The van der Waals surface area contributed by atoms with Crippen LogP contribution in [0.3, 0.4) is 0 Å². The standard InChI is InChI=1S/C14H12F2N2O2/c1-3-4-7-18-12(19)14(2,17-13(18)20)10-6-5-9(15)8-11(10)16/h5-6,8H,7H2,1-2H3,(H,17,20). The van der Waals surface area contributed by atoms with Crippen LogP contribution in [-0.2, 0) is 10.3 Å². The van der Waals surface area contributed by atoms with Crippen molar-refractivity contribution in [3.63, 3.8) is 0 Å². The molecule has 1 N–H and O–H groups in total. The van der Waals surface area contributed by atoms with Crippen molar-refractivity contribution in [1.82, 2.24) is 10.2 Å². The van der Waals surface area contributed by atoms with Crippen LogP contribution in [0.2, 0.25) is 0 Å². The predicted molar refractivity (Wildman–Crippen MR) is 67.4 cm³/mol. The molecule has 104 valence electrons. The van der Waals surface area contributed by atoms with Crippen molar-refractivity contribution in [2.75, 3.05) is 6.54 Å². The molecule has 0 radical (unpaired) electrons. The fourth-order valence-electron chi connectivity index (χ4n) is 2.08. The molecule has 20 heavy (non-hydrogen) atoms. The van der Waals surface area contributed by atoms with Crippen molar-refractivity contribution >= 4 is 11.9 Å². The topological polar surface area (TPSA) is 49.4 Å². The van der Waals surface area contributed by atoms with Crippen molar-refractivity contribution in [3.8, 4) is 11.8 Å². The number of benzene rings is 1.